The van der Waals surface area contributed by atoms with Crippen LogP contribution in [0.4, 0.5) is 23.7 Å². The minimum absolute atomic E-state index is 0.0708. The molecule has 0 aliphatic carbocycles. The molecule has 118 valence electrons. The van der Waals surface area contributed by atoms with Gasteiger partial charge in [-0.15, -0.1) is 13.2 Å². The van der Waals surface area contributed by atoms with Gasteiger partial charge in [0.25, 0.3) is 0 Å². The molecule has 3 N–H and O–H groups in total. The summed E-state index contributed by atoms with van der Waals surface area (Å²) in [5.74, 6) is -0.237. The van der Waals surface area contributed by atoms with Crippen molar-refractivity contribution in [1.82, 2.24) is 5.32 Å². The molecule has 0 bridgehead atoms. The lowest BCUT2D eigenvalue weighted by Crippen LogP contribution is -2.42. The number of alkyl halides is 3. The number of ether oxygens (including phenoxy) is 1. The molecule has 1 amide bonds. The van der Waals surface area contributed by atoms with Gasteiger partial charge < -0.3 is 20.5 Å². The van der Waals surface area contributed by atoms with Crippen LogP contribution in [-0.4, -0.2) is 30.1 Å². The number of nitrogens with one attached hydrogen (secondary N) is 2. The molecule has 0 saturated heterocycles. The van der Waals surface area contributed by atoms with E-state index in [0.29, 0.717) is 12.2 Å². The second-order valence-corrected chi connectivity index (χ2v) is 4.75. The summed E-state index contributed by atoms with van der Waals surface area (Å²) in [4.78, 5) is 10.6. The van der Waals surface area contributed by atoms with E-state index in [9.17, 15) is 18.0 Å². The first-order chi connectivity index (χ1) is 9.67. The number of hydrogen-bond donors (Lipinski definition) is 3. The zero-order valence-electron chi connectivity index (χ0n) is 11.6. The molecule has 21 heavy (non-hydrogen) atoms. The Balaban J connectivity index is 2.57. The number of hydrogen-bond acceptors (Lipinski definition) is 3. The molecule has 0 aromatic heterocycles. The minimum Gasteiger partial charge on any atom is -0.465 e. The van der Waals surface area contributed by atoms with Gasteiger partial charge in [0, 0.05) is 12.2 Å². The predicted octanol–water partition coefficient (Wildman–Crippen LogP) is 3.29. The summed E-state index contributed by atoms with van der Waals surface area (Å²) in [5.41, 5.74) is 0.572. The van der Waals surface area contributed by atoms with E-state index in [1.165, 1.54) is 24.3 Å². The molecule has 1 rings (SSSR count). The lowest BCUT2D eigenvalue weighted by molar-refractivity contribution is -0.274. The van der Waals surface area contributed by atoms with Gasteiger partial charge in [-0.2, -0.15) is 0 Å². The normalized spacial score (nSPS) is 12.9. The summed E-state index contributed by atoms with van der Waals surface area (Å²) < 4.78 is 39.8. The molecule has 0 fully saturated rings. The zero-order valence-corrected chi connectivity index (χ0v) is 11.6. The van der Waals surface area contributed by atoms with Gasteiger partial charge in [-0.25, -0.2) is 4.79 Å². The van der Waals surface area contributed by atoms with Gasteiger partial charge in [0.1, 0.15) is 5.75 Å². The Labute approximate surface area is 120 Å². The summed E-state index contributed by atoms with van der Waals surface area (Å²) in [7, 11) is 0. The monoisotopic (exact) mass is 306 g/mol. The zero-order chi connectivity index (χ0) is 16.0. The number of rotatable bonds is 6. The first kappa shape index (κ1) is 16.9. The van der Waals surface area contributed by atoms with Crippen LogP contribution in [0, 0.1) is 5.92 Å². The lowest BCUT2D eigenvalue weighted by atomic mass is 10.0. The SMILES string of the molecule is CC(C)[C@@H](CNc1ccc(OC(F)(F)F)cc1)NC(=O)O. The van der Waals surface area contributed by atoms with Crippen molar-refractivity contribution in [1.29, 1.82) is 0 Å². The summed E-state index contributed by atoms with van der Waals surface area (Å²) in [6, 6.07) is 4.92. The number of carboxylic acid groups (broad SMARTS) is 1. The van der Waals surface area contributed by atoms with Crippen LogP contribution < -0.4 is 15.4 Å². The van der Waals surface area contributed by atoms with Gasteiger partial charge in [-0.3, -0.25) is 0 Å². The van der Waals surface area contributed by atoms with Crippen molar-refractivity contribution >= 4 is 11.8 Å². The van der Waals surface area contributed by atoms with Crippen LogP contribution in [0.3, 0.4) is 0 Å². The first-order valence-electron chi connectivity index (χ1n) is 6.26. The molecule has 0 saturated carbocycles. The van der Waals surface area contributed by atoms with Gasteiger partial charge in [-0.05, 0) is 30.2 Å². The molecule has 0 radical (unpaired) electrons. The Morgan fingerprint density at radius 3 is 2.29 bits per heavy atom. The Hall–Kier alpha value is -2.12. The standard InChI is InChI=1S/C13H17F3N2O3/c1-8(2)11(18-12(19)20)7-17-9-3-5-10(6-4-9)21-13(14,15)16/h3-6,8,11,17-18H,7H2,1-2H3,(H,19,20)/t11-/m1/s1. The van der Waals surface area contributed by atoms with Crippen molar-refractivity contribution in [2.24, 2.45) is 5.92 Å². The van der Waals surface area contributed by atoms with Crippen molar-refractivity contribution < 1.29 is 27.8 Å². The third-order valence-electron chi connectivity index (χ3n) is 2.73. The van der Waals surface area contributed by atoms with Gasteiger partial charge in [-0.1, -0.05) is 13.8 Å². The van der Waals surface area contributed by atoms with Crippen LogP contribution in [0.5, 0.6) is 5.75 Å². The molecule has 0 unspecified atom stereocenters. The van der Waals surface area contributed by atoms with Crippen LogP contribution >= 0.6 is 0 Å². The van der Waals surface area contributed by atoms with Crippen molar-refractivity contribution in [2.75, 3.05) is 11.9 Å². The van der Waals surface area contributed by atoms with E-state index in [2.05, 4.69) is 15.4 Å². The summed E-state index contributed by atoms with van der Waals surface area (Å²) >= 11 is 0. The molecule has 0 aliphatic heterocycles. The van der Waals surface area contributed by atoms with Crippen LogP contribution in [-0.2, 0) is 0 Å². The summed E-state index contributed by atoms with van der Waals surface area (Å²) in [6.07, 6.45) is -5.84. The van der Waals surface area contributed by atoms with Gasteiger partial charge >= 0.3 is 12.5 Å². The number of halogens is 3. The lowest BCUT2D eigenvalue weighted by Gasteiger charge is -2.21. The number of carbonyl (C=O) groups is 1. The van der Waals surface area contributed by atoms with Crippen LogP contribution in [0.25, 0.3) is 0 Å². The average Bonchev–Trinajstić information content (AvgIpc) is 2.33. The van der Waals surface area contributed by atoms with Gasteiger partial charge in [0.2, 0.25) is 0 Å². The Morgan fingerprint density at radius 2 is 1.86 bits per heavy atom. The van der Waals surface area contributed by atoms with E-state index in [1.807, 2.05) is 13.8 Å². The molecule has 5 nitrogen and oxygen atoms in total. The van der Waals surface area contributed by atoms with Crippen LogP contribution in [0.15, 0.2) is 24.3 Å². The maximum absolute atomic E-state index is 12.0. The summed E-state index contributed by atoms with van der Waals surface area (Å²) in [5, 5.41) is 14.0. The van der Waals surface area contributed by atoms with Gasteiger partial charge in [0.15, 0.2) is 0 Å². The fraction of sp³-hybridized carbons (Fsp3) is 0.462. The maximum atomic E-state index is 12.0. The number of amides is 1. The highest BCUT2D eigenvalue weighted by Crippen LogP contribution is 2.23. The number of anilines is 1. The van der Waals surface area contributed by atoms with Gasteiger partial charge in [0.05, 0.1) is 6.04 Å². The van der Waals surface area contributed by atoms with E-state index in [0.717, 1.165) is 0 Å². The van der Waals surface area contributed by atoms with Crippen molar-refractivity contribution in [3.8, 4) is 5.75 Å². The second kappa shape index (κ2) is 7.05. The van der Waals surface area contributed by atoms with Crippen LogP contribution in [0.2, 0.25) is 0 Å². The Kier molecular flexibility index (Phi) is 5.69. The highest BCUT2D eigenvalue weighted by molar-refractivity contribution is 5.65. The first-order valence-corrected chi connectivity index (χ1v) is 6.26. The maximum Gasteiger partial charge on any atom is 0.573 e. The minimum atomic E-state index is -4.72. The quantitative estimate of drug-likeness (QED) is 0.754. The summed E-state index contributed by atoms with van der Waals surface area (Å²) in [6.45, 7) is 4.05. The molecular weight excluding hydrogens is 289 g/mol. The third kappa shape index (κ3) is 6.73. The molecule has 0 heterocycles. The Bertz CT molecular complexity index is 461. The van der Waals surface area contributed by atoms with Crippen molar-refractivity contribution in [3.63, 3.8) is 0 Å². The smallest absolute Gasteiger partial charge is 0.465 e. The van der Waals surface area contributed by atoms with E-state index in [1.54, 1.807) is 0 Å². The molecule has 0 spiro atoms. The molecule has 8 heteroatoms. The van der Waals surface area contributed by atoms with E-state index >= 15 is 0 Å². The number of benzene rings is 1. The fourth-order valence-corrected chi connectivity index (χ4v) is 1.61. The third-order valence-corrected chi connectivity index (χ3v) is 2.73. The molecule has 1 atom stereocenters. The molecule has 1 aromatic rings. The topological polar surface area (TPSA) is 70.6 Å². The van der Waals surface area contributed by atoms with Crippen molar-refractivity contribution in [2.45, 2.75) is 26.3 Å². The second-order valence-electron chi connectivity index (χ2n) is 4.75. The van der Waals surface area contributed by atoms with Crippen LogP contribution in [0.1, 0.15) is 13.8 Å². The predicted molar refractivity (Wildman–Crippen MR) is 71.4 cm³/mol. The highest BCUT2D eigenvalue weighted by atomic mass is 19.4. The highest BCUT2D eigenvalue weighted by Gasteiger charge is 2.30. The van der Waals surface area contributed by atoms with Crippen molar-refractivity contribution in [3.05, 3.63) is 24.3 Å². The fourth-order valence-electron chi connectivity index (χ4n) is 1.61. The Morgan fingerprint density at radius 1 is 1.29 bits per heavy atom. The van der Waals surface area contributed by atoms with E-state index in [4.69, 9.17) is 5.11 Å². The largest absolute Gasteiger partial charge is 0.573 e. The molecule has 0 aliphatic rings. The molecular formula is C13H17F3N2O3. The molecule has 1 aromatic carbocycles. The average molecular weight is 306 g/mol. The van der Waals surface area contributed by atoms with E-state index < -0.39 is 12.5 Å². The van der Waals surface area contributed by atoms with E-state index in [-0.39, 0.29) is 17.7 Å².